The average Bonchev–Trinajstić information content (AvgIpc) is 3.48. The van der Waals surface area contributed by atoms with E-state index in [2.05, 4.69) is 15.6 Å². The number of ether oxygens (including phenoxy) is 1. The maximum atomic E-state index is 14.4. The number of pyridine rings is 1. The predicted octanol–water partition coefficient (Wildman–Crippen LogP) is 2.85. The van der Waals surface area contributed by atoms with Gasteiger partial charge in [-0.25, -0.2) is 4.39 Å². The van der Waals surface area contributed by atoms with Gasteiger partial charge in [-0.3, -0.25) is 14.6 Å². The monoisotopic (exact) mass is 385 g/mol. The van der Waals surface area contributed by atoms with Crippen molar-refractivity contribution in [2.24, 2.45) is 0 Å². The van der Waals surface area contributed by atoms with E-state index in [0.29, 0.717) is 29.0 Å². The van der Waals surface area contributed by atoms with E-state index in [1.165, 1.54) is 12.3 Å². The summed E-state index contributed by atoms with van der Waals surface area (Å²) in [4.78, 5) is 28.8. The molecule has 1 unspecified atom stereocenters. The topological polar surface area (TPSA) is 80.3 Å². The number of amides is 2. The zero-order chi connectivity index (χ0) is 20.3. The summed E-state index contributed by atoms with van der Waals surface area (Å²) < 4.78 is 19.4. The largest absolute Gasteiger partial charge is 0.383 e. The molecule has 0 spiro atoms. The zero-order valence-electron chi connectivity index (χ0n) is 16.2. The molecule has 3 rings (SSSR count). The van der Waals surface area contributed by atoms with E-state index in [-0.39, 0.29) is 29.5 Å². The van der Waals surface area contributed by atoms with Gasteiger partial charge in [0.2, 0.25) is 0 Å². The smallest absolute Gasteiger partial charge is 0.253 e. The molecule has 1 aromatic carbocycles. The second-order valence-electron chi connectivity index (χ2n) is 7.14. The molecule has 0 radical (unpaired) electrons. The van der Waals surface area contributed by atoms with Crippen LogP contribution in [0.3, 0.4) is 0 Å². The van der Waals surface area contributed by atoms with Crippen molar-refractivity contribution in [3.05, 3.63) is 53.0 Å². The number of hydrogen-bond acceptors (Lipinski definition) is 4. The molecule has 1 saturated carbocycles. The average molecular weight is 385 g/mol. The lowest BCUT2D eigenvalue weighted by Crippen LogP contribution is -2.35. The highest BCUT2D eigenvalue weighted by Gasteiger charge is 2.24. The van der Waals surface area contributed by atoms with Crippen molar-refractivity contribution in [1.29, 1.82) is 0 Å². The number of nitrogens with zero attached hydrogens (tertiary/aromatic N) is 1. The van der Waals surface area contributed by atoms with Gasteiger partial charge in [0.05, 0.1) is 17.9 Å². The third kappa shape index (κ3) is 4.72. The summed E-state index contributed by atoms with van der Waals surface area (Å²) >= 11 is 0. The van der Waals surface area contributed by atoms with Gasteiger partial charge < -0.3 is 15.4 Å². The van der Waals surface area contributed by atoms with E-state index in [4.69, 9.17) is 4.74 Å². The van der Waals surface area contributed by atoms with Crippen molar-refractivity contribution in [3.63, 3.8) is 0 Å². The highest BCUT2D eigenvalue weighted by molar-refractivity contribution is 5.96. The summed E-state index contributed by atoms with van der Waals surface area (Å²) in [6.45, 7) is 3.89. The van der Waals surface area contributed by atoms with E-state index in [1.807, 2.05) is 6.92 Å². The summed E-state index contributed by atoms with van der Waals surface area (Å²) in [6, 6.07) is 6.23. The van der Waals surface area contributed by atoms with Crippen LogP contribution in [0.2, 0.25) is 0 Å². The van der Waals surface area contributed by atoms with Crippen molar-refractivity contribution in [3.8, 4) is 11.3 Å². The summed E-state index contributed by atoms with van der Waals surface area (Å²) in [5.74, 6) is -1.01. The molecule has 148 valence electrons. The Balaban J connectivity index is 1.81. The summed E-state index contributed by atoms with van der Waals surface area (Å²) in [5, 5.41) is 5.67. The van der Waals surface area contributed by atoms with Gasteiger partial charge >= 0.3 is 0 Å². The standard InChI is InChI=1S/C21H24FN3O3/c1-12(11-28-3)24-20(26)14-4-7-19(23-10-14)17-8-15(9-18(22)13(17)2)21(27)25-16-5-6-16/h4,7-10,12,16H,5-6,11H2,1-3H3,(H,24,26)(H,25,27). The molecule has 1 aromatic heterocycles. The first-order valence-electron chi connectivity index (χ1n) is 9.26. The number of methoxy groups -OCH3 is 1. The molecule has 1 atom stereocenters. The van der Waals surface area contributed by atoms with Gasteiger partial charge in [-0.1, -0.05) is 0 Å². The van der Waals surface area contributed by atoms with Gasteiger partial charge in [0.25, 0.3) is 11.8 Å². The van der Waals surface area contributed by atoms with Crippen molar-refractivity contribution >= 4 is 11.8 Å². The molecule has 7 heteroatoms. The molecule has 2 amide bonds. The molecule has 2 aromatic rings. The highest BCUT2D eigenvalue weighted by Crippen LogP contribution is 2.26. The van der Waals surface area contributed by atoms with Gasteiger partial charge in [-0.2, -0.15) is 0 Å². The van der Waals surface area contributed by atoms with Gasteiger partial charge in [0, 0.05) is 36.5 Å². The molecule has 28 heavy (non-hydrogen) atoms. The van der Waals surface area contributed by atoms with Crippen molar-refractivity contribution in [1.82, 2.24) is 15.6 Å². The lowest BCUT2D eigenvalue weighted by Gasteiger charge is -2.13. The Morgan fingerprint density at radius 3 is 2.61 bits per heavy atom. The van der Waals surface area contributed by atoms with Crippen LogP contribution in [0.1, 0.15) is 46.0 Å². The number of halogens is 1. The number of benzene rings is 1. The first kappa shape index (κ1) is 19.9. The van der Waals surface area contributed by atoms with Crippen LogP contribution < -0.4 is 10.6 Å². The van der Waals surface area contributed by atoms with Gasteiger partial charge in [0.1, 0.15) is 5.82 Å². The van der Waals surface area contributed by atoms with Crippen LogP contribution in [0, 0.1) is 12.7 Å². The molecule has 1 heterocycles. The van der Waals surface area contributed by atoms with Crippen molar-refractivity contribution < 1.29 is 18.7 Å². The minimum Gasteiger partial charge on any atom is -0.383 e. The van der Waals surface area contributed by atoms with E-state index in [9.17, 15) is 14.0 Å². The van der Waals surface area contributed by atoms with Crippen LogP contribution in [0.25, 0.3) is 11.3 Å². The van der Waals surface area contributed by atoms with Crippen LogP contribution in [0.5, 0.6) is 0 Å². The quantitative estimate of drug-likeness (QED) is 0.768. The fraction of sp³-hybridized carbons (Fsp3) is 0.381. The number of carbonyl (C=O) groups excluding carboxylic acids is 2. The normalized spacial score (nSPS) is 14.4. The first-order valence-corrected chi connectivity index (χ1v) is 9.26. The Bertz CT molecular complexity index is 879. The fourth-order valence-corrected chi connectivity index (χ4v) is 2.86. The molecule has 0 saturated heterocycles. The number of rotatable bonds is 7. The highest BCUT2D eigenvalue weighted by atomic mass is 19.1. The van der Waals surface area contributed by atoms with Gasteiger partial charge in [-0.05, 0) is 56.5 Å². The minimum atomic E-state index is -0.463. The lowest BCUT2D eigenvalue weighted by molar-refractivity contribution is 0.0904. The molecule has 0 bridgehead atoms. The summed E-state index contributed by atoms with van der Waals surface area (Å²) in [5.41, 5.74) is 2.09. The Labute approximate surface area is 163 Å². The van der Waals surface area contributed by atoms with E-state index in [0.717, 1.165) is 12.8 Å². The fourth-order valence-electron chi connectivity index (χ4n) is 2.86. The molecule has 1 aliphatic rings. The van der Waals surface area contributed by atoms with Crippen LogP contribution in [-0.2, 0) is 4.74 Å². The maximum Gasteiger partial charge on any atom is 0.253 e. The number of carbonyl (C=O) groups is 2. The van der Waals surface area contributed by atoms with Crippen LogP contribution in [-0.4, -0.2) is 42.6 Å². The van der Waals surface area contributed by atoms with E-state index in [1.54, 1.807) is 32.2 Å². The molecule has 0 aliphatic heterocycles. The second-order valence-corrected chi connectivity index (χ2v) is 7.14. The number of hydrogen-bond donors (Lipinski definition) is 2. The van der Waals surface area contributed by atoms with Crippen LogP contribution in [0.4, 0.5) is 4.39 Å². The van der Waals surface area contributed by atoms with Gasteiger partial charge in [0.15, 0.2) is 0 Å². The van der Waals surface area contributed by atoms with Crippen LogP contribution in [0.15, 0.2) is 30.5 Å². The lowest BCUT2D eigenvalue weighted by atomic mass is 10.00. The molecular formula is C21H24FN3O3. The Morgan fingerprint density at radius 2 is 2.00 bits per heavy atom. The molecule has 6 nitrogen and oxygen atoms in total. The van der Waals surface area contributed by atoms with Crippen molar-refractivity contribution in [2.75, 3.05) is 13.7 Å². The predicted molar refractivity (Wildman–Crippen MR) is 104 cm³/mol. The Kier molecular flexibility index (Phi) is 6.04. The summed E-state index contributed by atoms with van der Waals surface area (Å²) in [6.07, 6.45) is 3.36. The van der Waals surface area contributed by atoms with E-state index < -0.39 is 5.82 Å². The third-order valence-electron chi connectivity index (χ3n) is 4.61. The van der Waals surface area contributed by atoms with E-state index >= 15 is 0 Å². The SMILES string of the molecule is COCC(C)NC(=O)c1ccc(-c2cc(C(=O)NC3CC3)cc(F)c2C)nc1. The van der Waals surface area contributed by atoms with Crippen molar-refractivity contribution in [2.45, 2.75) is 38.8 Å². The maximum absolute atomic E-state index is 14.4. The number of nitrogens with one attached hydrogen (secondary N) is 2. The summed E-state index contributed by atoms with van der Waals surface area (Å²) in [7, 11) is 1.57. The second kappa shape index (κ2) is 8.48. The molecular weight excluding hydrogens is 361 g/mol. The molecule has 1 aliphatic carbocycles. The molecule has 2 N–H and O–H groups in total. The van der Waals surface area contributed by atoms with Crippen LogP contribution >= 0.6 is 0 Å². The molecule has 1 fully saturated rings. The zero-order valence-corrected chi connectivity index (χ0v) is 16.2. The minimum absolute atomic E-state index is 0.129. The van der Waals surface area contributed by atoms with Gasteiger partial charge in [-0.15, -0.1) is 0 Å². The Hall–Kier alpha value is -2.80. The first-order chi connectivity index (χ1) is 13.4. The number of aromatic nitrogens is 1. The Morgan fingerprint density at radius 1 is 1.25 bits per heavy atom. The third-order valence-corrected chi connectivity index (χ3v) is 4.61.